The molecule has 0 saturated carbocycles. The first-order valence-electron chi connectivity index (χ1n) is 13.5. The molecular formula is C26H52N2O4. The Morgan fingerprint density at radius 3 is 1.16 bits per heavy atom. The van der Waals surface area contributed by atoms with Gasteiger partial charge in [0.2, 0.25) is 0 Å². The van der Waals surface area contributed by atoms with Gasteiger partial charge in [0.15, 0.2) is 0 Å². The number of hydrogen-bond donors (Lipinski definition) is 2. The highest BCUT2D eigenvalue weighted by atomic mass is 16.6. The van der Waals surface area contributed by atoms with Crippen molar-refractivity contribution in [3.63, 3.8) is 0 Å². The summed E-state index contributed by atoms with van der Waals surface area (Å²) < 4.78 is 10.4. The van der Waals surface area contributed by atoms with Gasteiger partial charge in [0.25, 0.3) is 0 Å². The van der Waals surface area contributed by atoms with E-state index < -0.39 is 0 Å². The van der Waals surface area contributed by atoms with Crippen LogP contribution in [0.1, 0.15) is 129 Å². The van der Waals surface area contributed by atoms with Gasteiger partial charge in [0, 0.05) is 13.1 Å². The predicted octanol–water partition coefficient (Wildman–Crippen LogP) is 7.50. The lowest BCUT2D eigenvalue weighted by Crippen LogP contribution is -2.25. The van der Waals surface area contributed by atoms with E-state index in [-0.39, 0.29) is 12.2 Å². The highest BCUT2D eigenvalue weighted by Crippen LogP contribution is 2.07. The fourth-order valence-corrected chi connectivity index (χ4v) is 3.53. The van der Waals surface area contributed by atoms with Crippen LogP contribution in [0.5, 0.6) is 0 Å². The first-order chi connectivity index (χ1) is 15.7. The van der Waals surface area contributed by atoms with Crippen LogP contribution in [0.3, 0.4) is 0 Å². The maximum Gasteiger partial charge on any atom is 0.407 e. The Hall–Kier alpha value is -1.46. The number of ether oxygens (including phenoxy) is 2. The molecule has 0 fully saturated rings. The zero-order valence-electron chi connectivity index (χ0n) is 21.2. The van der Waals surface area contributed by atoms with E-state index in [4.69, 9.17) is 9.47 Å². The molecule has 0 aromatic heterocycles. The average molecular weight is 457 g/mol. The molecular weight excluding hydrogens is 404 g/mol. The largest absolute Gasteiger partial charge is 0.450 e. The number of carbonyl (C=O) groups excluding carboxylic acids is 2. The van der Waals surface area contributed by atoms with E-state index in [1.54, 1.807) is 0 Å². The number of alkyl carbamates (subject to hydrolysis) is 2. The van der Waals surface area contributed by atoms with Crippen molar-refractivity contribution in [1.82, 2.24) is 10.6 Å². The van der Waals surface area contributed by atoms with Crippen molar-refractivity contribution in [3.8, 4) is 0 Å². The van der Waals surface area contributed by atoms with Gasteiger partial charge in [0.05, 0.1) is 13.2 Å². The molecule has 6 nitrogen and oxygen atoms in total. The first kappa shape index (κ1) is 30.5. The third kappa shape index (κ3) is 24.8. The second kappa shape index (κ2) is 25.8. The molecule has 2 N–H and O–H groups in total. The molecule has 0 atom stereocenters. The number of rotatable bonds is 23. The summed E-state index contributed by atoms with van der Waals surface area (Å²) in [4.78, 5) is 23.2. The third-order valence-electron chi connectivity index (χ3n) is 5.60. The molecule has 6 heteroatoms. The van der Waals surface area contributed by atoms with Crippen LogP contribution in [-0.4, -0.2) is 38.5 Å². The molecule has 0 aromatic carbocycles. The van der Waals surface area contributed by atoms with Crippen molar-refractivity contribution in [2.45, 2.75) is 129 Å². The Bertz CT molecular complexity index is 381. The molecule has 2 amide bonds. The van der Waals surface area contributed by atoms with E-state index in [9.17, 15) is 9.59 Å². The molecule has 0 aliphatic carbocycles. The number of hydrogen-bond acceptors (Lipinski definition) is 4. The van der Waals surface area contributed by atoms with Crippen LogP contribution in [0.15, 0.2) is 0 Å². The summed E-state index contributed by atoms with van der Waals surface area (Å²) in [5.41, 5.74) is 0. The second-order valence-corrected chi connectivity index (χ2v) is 8.78. The van der Waals surface area contributed by atoms with Gasteiger partial charge >= 0.3 is 12.2 Å². The molecule has 0 radical (unpaired) electrons. The van der Waals surface area contributed by atoms with Gasteiger partial charge in [-0.25, -0.2) is 9.59 Å². The molecule has 0 aromatic rings. The lowest BCUT2D eigenvalue weighted by molar-refractivity contribution is 0.141. The van der Waals surface area contributed by atoms with Gasteiger partial charge in [-0.1, -0.05) is 104 Å². The van der Waals surface area contributed by atoms with Crippen LogP contribution in [-0.2, 0) is 9.47 Å². The third-order valence-corrected chi connectivity index (χ3v) is 5.60. The van der Waals surface area contributed by atoms with Crippen molar-refractivity contribution in [2.24, 2.45) is 0 Å². The van der Waals surface area contributed by atoms with Gasteiger partial charge in [-0.15, -0.1) is 0 Å². The van der Waals surface area contributed by atoms with E-state index in [0.717, 1.165) is 51.4 Å². The van der Waals surface area contributed by atoms with Crippen LogP contribution < -0.4 is 10.6 Å². The van der Waals surface area contributed by atoms with Crippen molar-refractivity contribution >= 4 is 12.2 Å². The Labute approximate surface area is 198 Å². The maximum atomic E-state index is 11.6. The molecule has 0 bridgehead atoms. The summed E-state index contributed by atoms with van der Waals surface area (Å²) in [6.45, 7) is 6.84. The zero-order chi connectivity index (χ0) is 23.5. The smallest absolute Gasteiger partial charge is 0.407 e. The number of amides is 2. The highest BCUT2D eigenvalue weighted by Gasteiger charge is 2.02. The van der Waals surface area contributed by atoms with Crippen LogP contribution in [0.2, 0.25) is 0 Å². The van der Waals surface area contributed by atoms with E-state index in [0.29, 0.717) is 26.3 Å². The van der Waals surface area contributed by atoms with Gasteiger partial charge < -0.3 is 20.1 Å². The van der Waals surface area contributed by atoms with Crippen LogP contribution in [0.4, 0.5) is 9.59 Å². The monoisotopic (exact) mass is 456 g/mol. The maximum absolute atomic E-state index is 11.6. The lowest BCUT2D eigenvalue weighted by atomic mass is 10.1. The number of carbonyl (C=O) groups is 2. The molecule has 0 aliphatic heterocycles. The number of unbranched alkanes of at least 4 members (excludes halogenated alkanes) is 15. The van der Waals surface area contributed by atoms with Crippen LogP contribution in [0.25, 0.3) is 0 Å². The molecule has 32 heavy (non-hydrogen) atoms. The van der Waals surface area contributed by atoms with E-state index in [1.165, 1.54) is 64.2 Å². The minimum Gasteiger partial charge on any atom is -0.450 e. The molecule has 0 saturated heterocycles. The van der Waals surface area contributed by atoms with E-state index >= 15 is 0 Å². The molecule has 190 valence electrons. The van der Waals surface area contributed by atoms with Crippen molar-refractivity contribution in [1.29, 1.82) is 0 Å². The summed E-state index contributed by atoms with van der Waals surface area (Å²) in [5.74, 6) is 0. The summed E-state index contributed by atoms with van der Waals surface area (Å²) in [6.07, 6.45) is 20.2. The van der Waals surface area contributed by atoms with Crippen molar-refractivity contribution in [2.75, 3.05) is 26.3 Å². The Morgan fingerprint density at radius 2 is 0.781 bits per heavy atom. The van der Waals surface area contributed by atoms with Crippen molar-refractivity contribution < 1.29 is 19.1 Å². The quantitative estimate of drug-likeness (QED) is 0.156. The van der Waals surface area contributed by atoms with Gasteiger partial charge in [-0.3, -0.25) is 0 Å². The summed E-state index contributed by atoms with van der Waals surface area (Å²) in [6, 6.07) is 0. The summed E-state index contributed by atoms with van der Waals surface area (Å²) in [5, 5.41) is 5.65. The normalized spacial score (nSPS) is 10.7. The van der Waals surface area contributed by atoms with Crippen molar-refractivity contribution in [3.05, 3.63) is 0 Å². The number of nitrogens with one attached hydrogen (secondary N) is 2. The topological polar surface area (TPSA) is 76.7 Å². The molecule has 0 unspecified atom stereocenters. The average Bonchev–Trinajstić information content (AvgIpc) is 2.79. The van der Waals surface area contributed by atoms with Gasteiger partial charge in [0.1, 0.15) is 0 Å². The first-order valence-corrected chi connectivity index (χ1v) is 13.5. The minimum absolute atomic E-state index is 0.287. The molecule has 0 heterocycles. The fourth-order valence-electron chi connectivity index (χ4n) is 3.53. The van der Waals surface area contributed by atoms with E-state index in [1.807, 2.05) is 0 Å². The van der Waals surface area contributed by atoms with Gasteiger partial charge in [-0.05, 0) is 25.7 Å². The molecule has 0 rings (SSSR count). The predicted molar refractivity (Wildman–Crippen MR) is 133 cm³/mol. The Kier molecular flexibility index (Phi) is 24.6. The second-order valence-electron chi connectivity index (χ2n) is 8.78. The standard InChI is InChI=1S/C26H52N2O4/c1-3-5-7-9-13-17-21-27-25(29)31-23-19-15-11-12-16-20-24-32-26(30)28-22-18-14-10-8-6-4-2/h3-24H2,1-2H3,(H,27,29)(H,28,30). The summed E-state index contributed by atoms with van der Waals surface area (Å²) in [7, 11) is 0. The molecule has 0 spiro atoms. The molecule has 0 aliphatic rings. The SMILES string of the molecule is CCCCCCCCNC(=O)OCCCCCCCCOC(=O)NCCCCCCCC. The summed E-state index contributed by atoms with van der Waals surface area (Å²) >= 11 is 0. The highest BCUT2D eigenvalue weighted by molar-refractivity contribution is 5.67. The van der Waals surface area contributed by atoms with Crippen LogP contribution in [0, 0.1) is 0 Å². The Balaban J connectivity index is 3.23. The van der Waals surface area contributed by atoms with E-state index in [2.05, 4.69) is 24.5 Å². The fraction of sp³-hybridized carbons (Fsp3) is 0.923. The van der Waals surface area contributed by atoms with Gasteiger partial charge in [-0.2, -0.15) is 0 Å². The lowest BCUT2D eigenvalue weighted by Gasteiger charge is -2.08. The van der Waals surface area contributed by atoms with Crippen LogP contribution >= 0.6 is 0 Å². The zero-order valence-corrected chi connectivity index (χ0v) is 21.2. The Morgan fingerprint density at radius 1 is 0.469 bits per heavy atom. The minimum atomic E-state index is -0.287.